The van der Waals surface area contributed by atoms with Crippen molar-refractivity contribution < 1.29 is 14.6 Å². The van der Waals surface area contributed by atoms with Gasteiger partial charge in [-0.3, -0.25) is 0 Å². The molecule has 0 saturated heterocycles. The molecule has 1 N–H and O–H groups in total. The van der Waals surface area contributed by atoms with Crippen LogP contribution in [-0.4, -0.2) is 37.6 Å². The molecule has 1 unspecified atom stereocenters. The van der Waals surface area contributed by atoms with Crippen LogP contribution in [0.3, 0.4) is 0 Å². The Hall–Kier alpha value is -0.120. The summed E-state index contributed by atoms with van der Waals surface area (Å²) < 4.78 is 10.4. The maximum atomic E-state index is 9.38. The molecular weight excluding hydrogens is 180 g/mol. The first kappa shape index (κ1) is 12.0. The molecule has 1 aliphatic carbocycles. The number of hydrogen-bond acceptors (Lipinski definition) is 3. The second-order valence-electron chi connectivity index (χ2n) is 4.32. The van der Waals surface area contributed by atoms with E-state index in [1.165, 1.54) is 12.8 Å². The van der Waals surface area contributed by atoms with Crippen molar-refractivity contribution in [1.29, 1.82) is 0 Å². The third-order valence-electron chi connectivity index (χ3n) is 2.85. The molecule has 3 nitrogen and oxygen atoms in total. The van der Waals surface area contributed by atoms with Gasteiger partial charge < -0.3 is 14.6 Å². The molecule has 0 spiro atoms. The third-order valence-corrected chi connectivity index (χ3v) is 2.85. The molecule has 1 rings (SSSR count). The van der Waals surface area contributed by atoms with Gasteiger partial charge >= 0.3 is 0 Å². The topological polar surface area (TPSA) is 38.7 Å². The summed E-state index contributed by atoms with van der Waals surface area (Å²) in [7, 11) is 1.59. The lowest BCUT2D eigenvalue weighted by atomic mass is 9.89. The van der Waals surface area contributed by atoms with E-state index in [0.29, 0.717) is 19.3 Å². The van der Waals surface area contributed by atoms with Crippen molar-refractivity contribution in [3.05, 3.63) is 0 Å². The zero-order valence-electron chi connectivity index (χ0n) is 9.24. The summed E-state index contributed by atoms with van der Waals surface area (Å²) in [5.41, 5.74) is 0. The molecule has 14 heavy (non-hydrogen) atoms. The highest BCUT2D eigenvalue weighted by atomic mass is 16.5. The number of aliphatic hydroxyl groups is 1. The van der Waals surface area contributed by atoms with Crippen molar-refractivity contribution in [2.45, 2.75) is 44.8 Å². The Bertz CT molecular complexity index is 141. The predicted molar refractivity (Wildman–Crippen MR) is 55.3 cm³/mol. The molecule has 0 radical (unpaired) electrons. The van der Waals surface area contributed by atoms with E-state index in [4.69, 9.17) is 9.47 Å². The Balaban J connectivity index is 2.06. The lowest BCUT2D eigenvalue weighted by Crippen LogP contribution is -2.27. The van der Waals surface area contributed by atoms with Gasteiger partial charge in [-0.05, 0) is 31.6 Å². The molecule has 1 atom stereocenters. The van der Waals surface area contributed by atoms with Gasteiger partial charge in [-0.2, -0.15) is 0 Å². The van der Waals surface area contributed by atoms with Crippen LogP contribution in [-0.2, 0) is 9.47 Å². The Kier molecular flexibility index (Phi) is 5.45. The second kappa shape index (κ2) is 6.38. The zero-order chi connectivity index (χ0) is 10.4. The number of aliphatic hydroxyl groups excluding tert-OH is 1. The van der Waals surface area contributed by atoms with Gasteiger partial charge in [-0.25, -0.2) is 0 Å². The lowest BCUT2D eigenvalue weighted by Gasteiger charge is -2.27. The number of hydrogen-bond donors (Lipinski definition) is 1. The minimum Gasteiger partial charge on any atom is -0.388 e. The highest BCUT2D eigenvalue weighted by Crippen LogP contribution is 2.25. The first-order valence-corrected chi connectivity index (χ1v) is 5.51. The molecule has 0 bridgehead atoms. The third kappa shape index (κ3) is 4.40. The summed E-state index contributed by atoms with van der Waals surface area (Å²) in [6, 6.07) is 0. The smallest absolute Gasteiger partial charge is 0.101 e. The van der Waals surface area contributed by atoms with Gasteiger partial charge in [0.05, 0.1) is 19.3 Å². The maximum absolute atomic E-state index is 9.38. The van der Waals surface area contributed by atoms with E-state index in [0.717, 1.165) is 18.8 Å². The van der Waals surface area contributed by atoms with Gasteiger partial charge in [0.15, 0.2) is 0 Å². The quantitative estimate of drug-likeness (QED) is 0.735. The predicted octanol–water partition coefficient (Wildman–Crippen LogP) is 1.59. The van der Waals surface area contributed by atoms with E-state index in [1.807, 2.05) is 0 Å². The molecule has 0 aromatic rings. The van der Waals surface area contributed by atoms with Crippen LogP contribution in [0.25, 0.3) is 0 Å². The molecule has 0 aromatic heterocycles. The van der Waals surface area contributed by atoms with Crippen LogP contribution in [0.5, 0.6) is 0 Å². The molecule has 1 fully saturated rings. The Morgan fingerprint density at radius 3 is 2.43 bits per heavy atom. The summed E-state index contributed by atoms with van der Waals surface area (Å²) in [6.07, 6.45) is 4.68. The highest BCUT2D eigenvalue weighted by Gasteiger charge is 2.19. The van der Waals surface area contributed by atoms with Crippen LogP contribution < -0.4 is 0 Å². The molecular formula is C11H22O3. The molecule has 1 saturated carbocycles. The van der Waals surface area contributed by atoms with Gasteiger partial charge in [0, 0.05) is 7.11 Å². The van der Waals surface area contributed by atoms with Crippen LogP contribution in [0.15, 0.2) is 0 Å². The Labute approximate surface area is 86.4 Å². The van der Waals surface area contributed by atoms with E-state index in [2.05, 4.69) is 6.92 Å². The maximum Gasteiger partial charge on any atom is 0.101 e. The minimum atomic E-state index is -0.473. The lowest BCUT2D eigenvalue weighted by molar-refractivity contribution is -0.0493. The zero-order valence-corrected chi connectivity index (χ0v) is 9.24. The van der Waals surface area contributed by atoms with Crippen molar-refractivity contribution in [1.82, 2.24) is 0 Å². The Morgan fingerprint density at radius 2 is 1.86 bits per heavy atom. The first-order chi connectivity index (χ1) is 6.72. The molecule has 0 heterocycles. The summed E-state index contributed by atoms with van der Waals surface area (Å²) in [6.45, 7) is 3.06. The molecule has 0 aromatic carbocycles. The molecule has 3 heteroatoms. The van der Waals surface area contributed by atoms with Gasteiger partial charge in [0.2, 0.25) is 0 Å². The fraction of sp³-hybridized carbons (Fsp3) is 1.00. The molecule has 0 aliphatic heterocycles. The summed E-state index contributed by atoms with van der Waals surface area (Å²) in [5, 5.41) is 9.38. The van der Waals surface area contributed by atoms with Crippen LogP contribution in [0.1, 0.15) is 32.6 Å². The number of ether oxygens (including phenoxy) is 2. The van der Waals surface area contributed by atoms with Gasteiger partial charge in [-0.15, -0.1) is 0 Å². The first-order valence-electron chi connectivity index (χ1n) is 5.51. The van der Waals surface area contributed by atoms with Gasteiger partial charge in [0.1, 0.15) is 6.10 Å². The van der Waals surface area contributed by atoms with Crippen LogP contribution in [0, 0.1) is 5.92 Å². The minimum absolute atomic E-state index is 0.359. The average Bonchev–Trinajstić information content (AvgIpc) is 2.17. The van der Waals surface area contributed by atoms with Gasteiger partial charge in [-0.1, -0.05) is 6.92 Å². The van der Waals surface area contributed by atoms with Crippen molar-refractivity contribution in [3.63, 3.8) is 0 Å². The van der Waals surface area contributed by atoms with Crippen molar-refractivity contribution in [2.24, 2.45) is 5.92 Å². The standard InChI is InChI=1S/C11H22O3/c1-9-3-5-11(6-4-9)14-8-10(12)7-13-2/h9-12H,3-8H2,1-2H3. The van der Waals surface area contributed by atoms with E-state index in [9.17, 15) is 5.11 Å². The van der Waals surface area contributed by atoms with Crippen LogP contribution in [0.4, 0.5) is 0 Å². The number of rotatable bonds is 5. The van der Waals surface area contributed by atoms with Gasteiger partial charge in [0.25, 0.3) is 0 Å². The van der Waals surface area contributed by atoms with E-state index in [1.54, 1.807) is 7.11 Å². The normalized spacial score (nSPS) is 30.2. The monoisotopic (exact) mass is 202 g/mol. The second-order valence-corrected chi connectivity index (χ2v) is 4.32. The largest absolute Gasteiger partial charge is 0.388 e. The fourth-order valence-corrected chi connectivity index (χ4v) is 1.88. The van der Waals surface area contributed by atoms with Crippen LogP contribution in [0.2, 0.25) is 0 Å². The van der Waals surface area contributed by atoms with Crippen molar-refractivity contribution >= 4 is 0 Å². The van der Waals surface area contributed by atoms with Crippen molar-refractivity contribution in [2.75, 3.05) is 20.3 Å². The number of methoxy groups -OCH3 is 1. The van der Waals surface area contributed by atoms with E-state index >= 15 is 0 Å². The fourth-order valence-electron chi connectivity index (χ4n) is 1.88. The molecule has 1 aliphatic rings. The Morgan fingerprint density at radius 1 is 1.21 bits per heavy atom. The summed E-state index contributed by atoms with van der Waals surface area (Å²) >= 11 is 0. The van der Waals surface area contributed by atoms with Crippen molar-refractivity contribution in [3.8, 4) is 0 Å². The summed E-state index contributed by atoms with van der Waals surface area (Å²) in [4.78, 5) is 0. The molecule has 84 valence electrons. The average molecular weight is 202 g/mol. The summed E-state index contributed by atoms with van der Waals surface area (Å²) in [5.74, 6) is 0.846. The SMILES string of the molecule is COCC(O)COC1CCC(C)CC1. The van der Waals surface area contributed by atoms with E-state index < -0.39 is 6.10 Å². The highest BCUT2D eigenvalue weighted by molar-refractivity contribution is 4.70. The van der Waals surface area contributed by atoms with Crippen LogP contribution >= 0.6 is 0 Å². The molecule has 0 amide bonds. The van der Waals surface area contributed by atoms with E-state index in [-0.39, 0.29) is 0 Å².